The standard InChI is InChI=1S/C20H21NO7/c1-25-15-6-4-13-17(18(15)26-2)19(23)21(20(13,24)10-22)8-7-12-3-5-14-16(9-12)28-11-27-14/h3-6,9,22,24H,7-8,10-11H2,1-2H3. The fourth-order valence-electron chi connectivity index (χ4n) is 3.72. The predicted octanol–water partition coefficient (Wildman–Crippen LogP) is 1.27. The Morgan fingerprint density at radius 3 is 2.64 bits per heavy atom. The van der Waals surface area contributed by atoms with E-state index in [9.17, 15) is 15.0 Å². The minimum absolute atomic E-state index is 0.185. The SMILES string of the molecule is COc1ccc2c(c1OC)C(=O)N(CCc1ccc3c(c1)OCO3)C2(O)CO. The molecule has 1 atom stereocenters. The largest absolute Gasteiger partial charge is 0.493 e. The van der Waals surface area contributed by atoms with Crippen molar-refractivity contribution in [2.24, 2.45) is 0 Å². The number of ether oxygens (including phenoxy) is 4. The molecule has 0 bridgehead atoms. The number of amides is 1. The molecule has 0 saturated heterocycles. The number of hydrogen-bond donors (Lipinski definition) is 2. The number of methoxy groups -OCH3 is 2. The summed E-state index contributed by atoms with van der Waals surface area (Å²) < 4.78 is 21.3. The van der Waals surface area contributed by atoms with Crippen LogP contribution >= 0.6 is 0 Å². The van der Waals surface area contributed by atoms with Gasteiger partial charge in [-0.1, -0.05) is 6.07 Å². The van der Waals surface area contributed by atoms with Gasteiger partial charge in [0, 0.05) is 12.1 Å². The molecular formula is C20H21NO7. The van der Waals surface area contributed by atoms with E-state index in [1.54, 1.807) is 12.1 Å². The fraction of sp³-hybridized carbons (Fsp3) is 0.350. The van der Waals surface area contributed by atoms with Crippen LogP contribution < -0.4 is 18.9 Å². The van der Waals surface area contributed by atoms with Crippen molar-refractivity contribution >= 4 is 5.91 Å². The van der Waals surface area contributed by atoms with Crippen molar-refractivity contribution in [1.82, 2.24) is 4.90 Å². The molecule has 4 rings (SSSR count). The summed E-state index contributed by atoms with van der Waals surface area (Å²) >= 11 is 0. The van der Waals surface area contributed by atoms with E-state index in [0.717, 1.165) is 5.56 Å². The fourth-order valence-corrected chi connectivity index (χ4v) is 3.72. The van der Waals surface area contributed by atoms with Gasteiger partial charge in [0.1, 0.15) is 0 Å². The molecule has 2 aliphatic rings. The van der Waals surface area contributed by atoms with Gasteiger partial charge >= 0.3 is 0 Å². The molecule has 0 fully saturated rings. The Bertz CT molecular complexity index is 929. The Balaban J connectivity index is 1.64. The number of hydrogen-bond acceptors (Lipinski definition) is 7. The molecule has 8 heteroatoms. The number of carbonyl (C=O) groups excluding carboxylic acids is 1. The van der Waals surface area contributed by atoms with Crippen molar-refractivity contribution < 1.29 is 34.0 Å². The van der Waals surface area contributed by atoms with Crippen LogP contribution in [-0.2, 0) is 12.1 Å². The maximum absolute atomic E-state index is 13.1. The van der Waals surface area contributed by atoms with Crippen LogP contribution in [0.15, 0.2) is 30.3 Å². The summed E-state index contributed by atoms with van der Waals surface area (Å²) in [5.41, 5.74) is -0.423. The molecule has 148 valence electrons. The van der Waals surface area contributed by atoms with Gasteiger partial charge in [-0.05, 0) is 36.2 Å². The third-order valence-electron chi connectivity index (χ3n) is 5.16. The monoisotopic (exact) mass is 387 g/mol. The van der Waals surface area contributed by atoms with Gasteiger partial charge in [-0.25, -0.2) is 0 Å². The third-order valence-corrected chi connectivity index (χ3v) is 5.16. The highest BCUT2D eigenvalue weighted by Crippen LogP contribution is 2.45. The summed E-state index contributed by atoms with van der Waals surface area (Å²) in [7, 11) is 2.90. The highest BCUT2D eigenvalue weighted by atomic mass is 16.7. The second-order valence-electron chi connectivity index (χ2n) is 6.59. The van der Waals surface area contributed by atoms with Gasteiger partial charge in [0.15, 0.2) is 28.7 Å². The zero-order valence-corrected chi connectivity index (χ0v) is 15.6. The Morgan fingerprint density at radius 1 is 1.14 bits per heavy atom. The van der Waals surface area contributed by atoms with E-state index in [1.165, 1.54) is 19.1 Å². The summed E-state index contributed by atoms with van der Waals surface area (Å²) in [6.45, 7) is -0.261. The Labute approximate surface area is 161 Å². The molecule has 2 heterocycles. The Hall–Kier alpha value is -2.97. The quantitative estimate of drug-likeness (QED) is 0.770. The van der Waals surface area contributed by atoms with Crippen LogP contribution in [0.4, 0.5) is 0 Å². The summed E-state index contributed by atoms with van der Waals surface area (Å²) in [6, 6.07) is 8.71. The summed E-state index contributed by atoms with van der Waals surface area (Å²) in [4.78, 5) is 14.4. The van der Waals surface area contributed by atoms with Gasteiger partial charge in [-0.2, -0.15) is 0 Å². The minimum Gasteiger partial charge on any atom is -0.493 e. The van der Waals surface area contributed by atoms with E-state index in [0.29, 0.717) is 29.2 Å². The van der Waals surface area contributed by atoms with E-state index < -0.39 is 18.2 Å². The average molecular weight is 387 g/mol. The first-order chi connectivity index (χ1) is 13.5. The lowest BCUT2D eigenvalue weighted by Gasteiger charge is -2.32. The van der Waals surface area contributed by atoms with Gasteiger partial charge in [-0.3, -0.25) is 4.79 Å². The molecule has 0 aliphatic carbocycles. The molecule has 0 aromatic heterocycles. The first-order valence-electron chi connectivity index (χ1n) is 8.82. The third kappa shape index (κ3) is 2.64. The van der Waals surface area contributed by atoms with E-state index in [1.807, 2.05) is 18.2 Å². The van der Waals surface area contributed by atoms with Crippen LogP contribution in [0.1, 0.15) is 21.5 Å². The molecular weight excluding hydrogens is 366 g/mol. The Morgan fingerprint density at radius 2 is 1.93 bits per heavy atom. The van der Waals surface area contributed by atoms with Gasteiger partial charge in [-0.15, -0.1) is 0 Å². The van der Waals surface area contributed by atoms with Crippen LogP contribution in [-0.4, -0.2) is 55.2 Å². The topological polar surface area (TPSA) is 97.7 Å². The zero-order valence-electron chi connectivity index (χ0n) is 15.6. The second kappa shape index (κ2) is 6.88. The first-order valence-corrected chi connectivity index (χ1v) is 8.82. The van der Waals surface area contributed by atoms with Crippen LogP contribution in [0.2, 0.25) is 0 Å². The maximum Gasteiger partial charge on any atom is 0.260 e. The normalized spacial score (nSPS) is 19.7. The summed E-state index contributed by atoms with van der Waals surface area (Å²) in [5, 5.41) is 21.0. The maximum atomic E-state index is 13.1. The Kier molecular flexibility index (Phi) is 4.52. The van der Waals surface area contributed by atoms with Crippen molar-refractivity contribution in [3.8, 4) is 23.0 Å². The molecule has 1 unspecified atom stereocenters. The van der Waals surface area contributed by atoms with Gasteiger partial charge in [0.05, 0.1) is 26.4 Å². The molecule has 2 aromatic rings. The first kappa shape index (κ1) is 18.4. The lowest BCUT2D eigenvalue weighted by molar-refractivity contribution is -0.117. The lowest BCUT2D eigenvalue weighted by Crippen LogP contribution is -2.47. The number of aliphatic hydroxyl groups is 2. The number of rotatable bonds is 6. The van der Waals surface area contributed by atoms with Crippen LogP contribution in [0.3, 0.4) is 0 Å². The summed E-state index contributed by atoms with van der Waals surface area (Å²) in [5.74, 6) is 1.52. The molecule has 2 aliphatic heterocycles. The van der Waals surface area contributed by atoms with Crippen molar-refractivity contribution in [2.45, 2.75) is 12.1 Å². The molecule has 2 N–H and O–H groups in total. The van der Waals surface area contributed by atoms with E-state index in [2.05, 4.69) is 0 Å². The molecule has 8 nitrogen and oxygen atoms in total. The number of fused-ring (bicyclic) bond motifs is 2. The molecule has 2 aromatic carbocycles. The zero-order chi connectivity index (χ0) is 19.9. The lowest BCUT2D eigenvalue weighted by atomic mass is 10.0. The van der Waals surface area contributed by atoms with Crippen molar-refractivity contribution in [3.05, 3.63) is 47.0 Å². The molecule has 28 heavy (non-hydrogen) atoms. The van der Waals surface area contributed by atoms with Crippen molar-refractivity contribution in [1.29, 1.82) is 0 Å². The van der Waals surface area contributed by atoms with E-state index >= 15 is 0 Å². The van der Waals surface area contributed by atoms with E-state index in [4.69, 9.17) is 18.9 Å². The number of benzene rings is 2. The van der Waals surface area contributed by atoms with Crippen LogP contribution in [0.5, 0.6) is 23.0 Å². The van der Waals surface area contributed by atoms with E-state index in [-0.39, 0.29) is 24.7 Å². The van der Waals surface area contributed by atoms with Crippen molar-refractivity contribution in [3.63, 3.8) is 0 Å². The van der Waals surface area contributed by atoms with Crippen LogP contribution in [0.25, 0.3) is 0 Å². The highest BCUT2D eigenvalue weighted by molar-refractivity contribution is 6.03. The second-order valence-corrected chi connectivity index (χ2v) is 6.59. The molecule has 0 radical (unpaired) electrons. The minimum atomic E-state index is -1.83. The average Bonchev–Trinajstić information content (AvgIpc) is 3.27. The number of nitrogens with zero attached hydrogens (tertiary/aromatic N) is 1. The van der Waals surface area contributed by atoms with Crippen LogP contribution in [0, 0.1) is 0 Å². The molecule has 1 amide bonds. The van der Waals surface area contributed by atoms with Crippen molar-refractivity contribution in [2.75, 3.05) is 34.2 Å². The van der Waals surface area contributed by atoms with Gasteiger partial charge < -0.3 is 34.1 Å². The number of aliphatic hydroxyl groups excluding tert-OH is 1. The predicted molar refractivity (Wildman–Crippen MR) is 97.8 cm³/mol. The van der Waals surface area contributed by atoms with Gasteiger partial charge in [0.25, 0.3) is 5.91 Å². The molecule has 0 saturated carbocycles. The van der Waals surface area contributed by atoms with Gasteiger partial charge in [0.2, 0.25) is 6.79 Å². The molecule has 0 spiro atoms. The smallest absolute Gasteiger partial charge is 0.260 e. The highest BCUT2D eigenvalue weighted by Gasteiger charge is 2.50. The summed E-state index contributed by atoms with van der Waals surface area (Å²) in [6.07, 6.45) is 0.456. The number of carbonyl (C=O) groups is 1.